The maximum absolute atomic E-state index is 12.6. The van der Waals surface area contributed by atoms with Gasteiger partial charge in [-0.1, -0.05) is 0 Å². The second-order valence-corrected chi connectivity index (χ2v) is 8.12. The van der Waals surface area contributed by atoms with Crippen LogP contribution in [0.4, 0.5) is 0 Å². The highest BCUT2D eigenvalue weighted by Crippen LogP contribution is 2.21. The Hall–Kier alpha value is -2.84. The van der Waals surface area contributed by atoms with Crippen LogP contribution in [0.25, 0.3) is 11.3 Å². The Labute approximate surface area is 175 Å². The molecule has 8 nitrogen and oxygen atoms in total. The van der Waals surface area contributed by atoms with E-state index in [2.05, 4.69) is 25.6 Å². The lowest BCUT2D eigenvalue weighted by Gasteiger charge is -2.31. The first kappa shape index (κ1) is 19.1. The van der Waals surface area contributed by atoms with Crippen LogP contribution in [0.15, 0.2) is 47.9 Å². The fraction of sp³-hybridized carbons (Fsp3) is 0.455. The van der Waals surface area contributed by atoms with Gasteiger partial charge in [0, 0.05) is 49.9 Å². The number of likely N-dealkylation sites (tertiary alicyclic amines) is 1. The summed E-state index contributed by atoms with van der Waals surface area (Å²) in [6.07, 6.45) is 9.44. The molecule has 30 heavy (non-hydrogen) atoms. The van der Waals surface area contributed by atoms with E-state index in [0.717, 1.165) is 69.3 Å². The van der Waals surface area contributed by atoms with Gasteiger partial charge in [-0.2, -0.15) is 0 Å². The van der Waals surface area contributed by atoms with Gasteiger partial charge in [0.05, 0.1) is 24.3 Å². The normalized spacial score (nSPS) is 17.7. The molecule has 0 amide bonds. The molecule has 0 spiro atoms. The number of hydrogen-bond acceptors (Lipinski definition) is 6. The Balaban J connectivity index is 1.16. The van der Waals surface area contributed by atoms with Crippen molar-refractivity contribution in [2.24, 2.45) is 5.92 Å². The molecule has 5 rings (SSSR count). The van der Waals surface area contributed by atoms with Crippen molar-refractivity contribution in [3.05, 3.63) is 65.0 Å². The lowest BCUT2D eigenvalue weighted by atomic mass is 9.96. The zero-order chi connectivity index (χ0) is 20.3. The molecule has 3 aromatic rings. The summed E-state index contributed by atoms with van der Waals surface area (Å²) in [5.74, 6) is 1.53. The highest BCUT2D eigenvalue weighted by Gasteiger charge is 2.22. The Morgan fingerprint density at radius 3 is 2.87 bits per heavy atom. The van der Waals surface area contributed by atoms with Crippen molar-refractivity contribution in [1.29, 1.82) is 0 Å². The van der Waals surface area contributed by atoms with Crippen molar-refractivity contribution < 1.29 is 4.74 Å². The number of hydrogen-bond donors (Lipinski definition) is 0. The first-order valence-electron chi connectivity index (χ1n) is 10.6. The number of aromatic nitrogens is 5. The number of fused-ring (bicyclic) bond motifs is 1. The summed E-state index contributed by atoms with van der Waals surface area (Å²) in [6, 6.07) is 5.37. The van der Waals surface area contributed by atoms with Crippen molar-refractivity contribution in [2.75, 3.05) is 19.7 Å². The molecule has 1 fully saturated rings. The Kier molecular flexibility index (Phi) is 5.42. The molecule has 8 heteroatoms. The first-order valence-corrected chi connectivity index (χ1v) is 10.6. The van der Waals surface area contributed by atoms with Gasteiger partial charge in [-0.05, 0) is 44.0 Å². The molecule has 3 aromatic heterocycles. The largest absolute Gasteiger partial charge is 0.372 e. The minimum Gasteiger partial charge on any atom is -0.372 e. The van der Waals surface area contributed by atoms with E-state index in [-0.39, 0.29) is 5.56 Å². The van der Waals surface area contributed by atoms with Gasteiger partial charge >= 0.3 is 0 Å². The predicted octanol–water partition coefficient (Wildman–Crippen LogP) is 1.94. The molecule has 5 heterocycles. The topological polar surface area (TPSA) is 78.1 Å². The zero-order valence-electron chi connectivity index (χ0n) is 17.0. The maximum Gasteiger partial charge on any atom is 0.253 e. The molecule has 0 N–H and O–H groups in total. The third-order valence-electron chi connectivity index (χ3n) is 6.00. The molecule has 0 aliphatic carbocycles. The van der Waals surface area contributed by atoms with E-state index >= 15 is 0 Å². The maximum atomic E-state index is 12.6. The van der Waals surface area contributed by atoms with Crippen molar-refractivity contribution in [3.63, 3.8) is 0 Å². The van der Waals surface area contributed by atoms with Gasteiger partial charge in [-0.3, -0.25) is 19.2 Å². The second kappa shape index (κ2) is 8.49. The minimum atomic E-state index is -0.00269. The van der Waals surface area contributed by atoms with Crippen molar-refractivity contribution in [1.82, 2.24) is 29.0 Å². The van der Waals surface area contributed by atoms with Crippen LogP contribution < -0.4 is 5.56 Å². The number of piperidine rings is 1. The second-order valence-electron chi connectivity index (χ2n) is 8.12. The molecule has 0 aromatic carbocycles. The summed E-state index contributed by atoms with van der Waals surface area (Å²) >= 11 is 0. The molecule has 156 valence electrons. The first-order chi connectivity index (χ1) is 14.7. The summed E-state index contributed by atoms with van der Waals surface area (Å²) in [5, 5.41) is 0. The molecule has 2 aliphatic heterocycles. The van der Waals surface area contributed by atoms with Crippen LogP contribution in [0.3, 0.4) is 0 Å². The van der Waals surface area contributed by atoms with E-state index in [9.17, 15) is 4.79 Å². The Morgan fingerprint density at radius 1 is 1.20 bits per heavy atom. The van der Waals surface area contributed by atoms with Crippen molar-refractivity contribution >= 4 is 0 Å². The molecule has 2 aliphatic rings. The van der Waals surface area contributed by atoms with Gasteiger partial charge < -0.3 is 9.30 Å². The zero-order valence-corrected chi connectivity index (χ0v) is 17.0. The number of pyridine rings is 1. The van der Waals surface area contributed by atoms with Crippen LogP contribution in [-0.2, 0) is 31.0 Å². The van der Waals surface area contributed by atoms with Crippen molar-refractivity contribution in [2.45, 2.75) is 39.1 Å². The highest BCUT2D eigenvalue weighted by molar-refractivity contribution is 5.56. The smallest absolute Gasteiger partial charge is 0.253 e. The molecule has 0 bridgehead atoms. The SMILES string of the molecule is O=c1cc(-c2cccnc2)ncn1CC1CCN(Cc2cn3c(n2)COCC3)CC1. The van der Waals surface area contributed by atoms with E-state index in [0.29, 0.717) is 18.2 Å². The van der Waals surface area contributed by atoms with E-state index < -0.39 is 0 Å². The van der Waals surface area contributed by atoms with Gasteiger partial charge in [-0.25, -0.2) is 9.97 Å². The summed E-state index contributed by atoms with van der Waals surface area (Å²) in [6.45, 7) is 5.94. The third kappa shape index (κ3) is 4.20. The molecular weight excluding hydrogens is 380 g/mol. The summed E-state index contributed by atoms with van der Waals surface area (Å²) in [7, 11) is 0. The van der Waals surface area contributed by atoms with Crippen molar-refractivity contribution in [3.8, 4) is 11.3 Å². The molecular formula is C22H26N6O2. The monoisotopic (exact) mass is 406 g/mol. The Bertz CT molecular complexity index is 1030. The fourth-order valence-electron chi connectivity index (χ4n) is 4.29. The molecule has 0 saturated carbocycles. The number of imidazole rings is 1. The third-order valence-corrected chi connectivity index (χ3v) is 6.00. The van der Waals surface area contributed by atoms with Crippen LogP contribution in [0.2, 0.25) is 0 Å². The predicted molar refractivity (Wildman–Crippen MR) is 112 cm³/mol. The quantitative estimate of drug-likeness (QED) is 0.644. The van der Waals surface area contributed by atoms with E-state index in [1.807, 2.05) is 12.1 Å². The van der Waals surface area contributed by atoms with Gasteiger partial charge in [0.2, 0.25) is 0 Å². The molecule has 1 saturated heterocycles. The lowest BCUT2D eigenvalue weighted by Crippen LogP contribution is -2.36. The van der Waals surface area contributed by atoms with Gasteiger partial charge in [0.15, 0.2) is 0 Å². The molecule has 0 atom stereocenters. The summed E-state index contributed by atoms with van der Waals surface area (Å²) in [5.41, 5.74) is 2.66. The van der Waals surface area contributed by atoms with Gasteiger partial charge in [-0.15, -0.1) is 0 Å². The average Bonchev–Trinajstić information content (AvgIpc) is 3.19. The van der Waals surface area contributed by atoms with Gasteiger partial charge in [0.1, 0.15) is 12.4 Å². The van der Waals surface area contributed by atoms with Crippen LogP contribution in [-0.4, -0.2) is 48.7 Å². The number of nitrogens with zero attached hydrogens (tertiary/aromatic N) is 6. The minimum absolute atomic E-state index is 0.00269. The van der Waals surface area contributed by atoms with Crippen LogP contribution in [0, 0.1) is 5.92 Å². The van der Waals surface area contributed by atoms with Gasteiger partial charge in [0.25, 0.3) is 5.56 Å². The average molecular weight is 406 g/mol. The lowest BCUT2D eigenvalue weighted by molar-refractivity contribution is 0.0816. The van der Waals surface area contributed by atoms with E-state index in [1.165, 1.54) is 0 Å². The van der Waals surface area contributed by atoms with Crippen LogP contribution >= 0.6 is 0 Å². The summed E-state index contributed by atoms with van der Waals surface area (Å²) < 4.78 is 9.43. The Morgan fingerprint density at radius 2 is 2.10 bits per heavy atom. The molecule has 0 radical (unpaired) electrons. The van der Waals surface area contributed by atoms with E-state index in [1.54, 1.807) is 29.4 Å². The fourth-order valence-corrected chi connectivity index (χ4v) is 4.29. The standard InChI is InChI=1S/C22H26N6O2/c29-22-10-20(18-2-1-5-23-11-18)24-16-28(22)12-17-3-6-26(7-4-17)13-19-14-27-8-9-30-15-21(27)25-19/h1-2,5,10-11,14,16-17H,3-4,6-9,12-13,15H2. The number of ether oxygens (including phenoxy) is 1. The van der Waals surface area contributed by atoms with Crippen LogP contribution in [0.1, 0.15) is 24.4 Å². The molecule has 0 unspecified atom stereocenters. The van der Waals surface area contributed by atoms with Crippen LogP contribution in [0.5, 0.6) is 0 Å². The highest BCUT2D eigenvalue weighted by atomic mass is 16.5. The van der Waals surface area contributed by atoms with E-state index in [4.69, 9.17) is 9.72 Å². The summed E-state index contributed by atoms with van der Waals surface area (Å²) in [4.78, 5) is 28.3. The number of rotatable bonds is 5.